The van der Waals surface area contributed by atoms with E-state index in [0.717, 1.165) is 0 Å². The summed E-state index contributed by atoms with van der Waals surface area (Å²) in [6.07, 6.45) is 1.49. The average molecular weight is 330 g/mol. The summed E-state index contributed by atoms with van der Waals surface area (Å²) in [5, 5.41) is 19.4. The second kappa shape index (κ2) is 5.93. The molecule has 0 saturated heterocycles. The Morgan fingerprint density at radius 2 is 2.37 bits per heavy atom. The minimum atomic E-state index is -0.319. The second-order valence-electron chi connectivity index (χ2n) is 3.71. The molecule has 0 atom stereocenters. The number of hydrogen-bond donors (Lipinski definition) is 2. The van der Waals surface area contributed by atoms with Gasteiger partial charge in [-0.3, -0.25) is 4.79 Å². The highest BCUT2D eigenvalue weighted by Gasteiger charge is 2.09. The lowest BCUT2D eigenvalue weighted by Crippen LogP contribution is -2.25. The lowest BCUT2D eigenvalue weighted by atomic mass is 10.4. The quantitative estimate of drug-likeness (QED) is 0.812. The molecule has 8 nitrogen and oxygen atoms in total. The largest absolute Gasteiger partial charge is 0.394 e. The molecule has 19 heavy (non-hydrogen) atoms. The predicted octanol–water partition coefficient (Wildman–Crippen LogP) is 0.302. The zero-order chi connectivity index (χ0) is 13.8. The Balaban J connectivity index is 2.13. The monoisotopic (exact) mass is 329 g/mol. The predicted molar refractivity (Wildman–Crippen MR) is 69.6 cm³/mol. The van der Waals surface area contributed by atoms with Gasteiger partial charge in [0.15, 0.2) is 5.82 Å². The summed E-state index contributed by atoms with van der Waals surface area (Å²) in [5.41, 5.74) is 0.204. The first-order chi connectivity index (χ1) is 9.11. The molecule has 0 aliphatic heterocycles. The van der Waals surface area contributed by atoms with Gasteiger partial charge in [-0.05, 0) is 22.9 Å². The van der Waals surface area contributed by atoms with Crippen molar-refractivity contribution in [3.05, 3.63) is 32.7 Å². The molecule has 0 saturated carbocycles. The van der Waals surface area contributed by atoms with Crippen LogP contribution in [0.4, 0.5) is 5.69 Å². The molecule has 0 aliphatic carbocycles. The lowest BCUT2D eigenvalue weighted by Gasteiger charge is -2.08. The Morgan fingerprint density at radius 3 is 3.00 bits per heavy atom. The molecule has 0 radical (unpaired) electrons. The highest BCUT2D eigenvalue weighted by molar-refractivity contribution is 9.10. The first kappa shape index (κ1) is 13.7. The first-order valence-corrected chi connectivity index (χ1v) is 6.30. The first-order valence-electron chi connectivity index (χ1n) is 5.51. The Bertz CT molecular complexity index is 624. The third kappa shape index (κ3) is 3.18. The van der Waals surface area contributed by atoms with Crippen LogP contribution in [0.3, 0.4) is 0 Å². The van der Waals surface area contributed by atoms with Crippen LogP contribution in [0.1, 0.15) is 11.7 Å². The van der Waals surface area contributed by atoms with Crippen molar-refractivity contribution in [1.29, 1.82) is 0 Å². The molecule has 0 amide bonds. The fraction of sp³-hybridized carbons (Fsp3) is 0.400. The minimum Gasteiger partial charge on any atom is -0.394 e. The van der Waals surface area contributed by atoms with Gasteiger partial charge in [0, 0.05) is 0 Å². The molecule has 0 spiro atoms. The van der Waals surface area contributed by atoms with Gasteiger partial charge in [-0.1, -0.05) is 5.16 Å². The number of aromatic nitrogens is 4. The van der Waals surface area contributed by atoms with E-state index in [1.54, 1.807) is 6.92 Å². The van der Waals surface area contributed by atoms with Gasteiger partial charge in [-0.25, -0.2) is 4.68 Å². The molecular weight excluding hydrogens is 318 g/mol. The summed E-state index contributed by atoms with van der Waals surface area (Å²) in [5.74, 6) is 0.969. The van der Waals surface area contributed by atoms with E-state index in [0.29, 0.717) is 28.4 Å². The Kier molecular flexibility index (Phi) is 4.27. The van der Waals surface area contributed by atoms with E-state index in [1.165, 1.54) is 10.9 Å². The van der Waals surface area contributed by atoms with E-state index in [2.05, 4.69) is 36.5 Å². The minimum absolute atomic E-state index is 0.145. The SMILES string of the molecule is Cc1noc(CNc2cnn(CCO)c(=O)c2Br)n1. The molecule has 0 fully saturated rings. The molecule has 0 aromatic carbocycles. The fourth-order valence-corrected chi connectivity index (χ4v) is 1.87. The van der Waals surface area contributed by atoms with Gasteiger partial charge in [-0.15, -0.1) is 0 Å². The van der Waals surface area contributed by atoms with Gasteiger partial charge in [0.2, 0.25) is 5.89 Å². The molecular formula is C10H12BrN5O3. The van der Waals surface area contributed by atoms with Crippen LogP contribution in [-0.2, 0) is 13.1 Å². The molecule has 2 heterocycles. The Hall–Kier alpha value is -1.74. The summed E-state index contributed by atoms with van der Waals surface area (Å²) < 4.78 is 6.46. The van der Waals surface area contributed by atoms with E-state index >= 15 is 0 Å². The van der Waals surface area contributed by atoms with E-state index in [1.807, 2.05) is 0 Å². The van der Waals surface area contributed by atoms with Crippen molar-refractivity contribution >= 4 is 21.6 Å². The highest BCUT2D eigenvalue weighted by atomic mass is 79.9. The van der Waals surface area contributed by atoms with E-state index in [4.69, 9.17) is 9.63 Å². The number of aryl methyl sites for hydroxylation is 1. The number of nitrogens with one attached hydrogen (secondary N) is 1. The van der Waals surface area contributed by atoms with E-state index in [-0.39, 0.29) is 18.7 Å². The zero-order valence-corrected chi connectivity index (χ0v) is 11.7. The summed E-state index contributed by atoms with van der Waals surface area (Å²) in [7, 11) is 0. The number of halogens is 1. The van der Waals surface area contributed by atoms with Gasteiger partial charge in [-0.2, -0.15) is 10.1 Å². The third-order valence-electron chi connectivity index (χ3n) is 2.30. The molecule has 2 rings (SSSR count). The molecule has 0 aliphatic rings. The molecule has 9 heteroatoms. The smallest absolute Gasteiger partial charge is 0.283 e. The zero-order valence-electron chi connectivity index (χ0n) is 10.1. The summed E-state index contributed by atoms with van der Waals surface area (Å²) in [4.78, 5) is 15.9. The van der Waals surface area contributed by atoms with Crippen molar-refractivity contribution in [2.45, 2.75) is 20.0 Å². The maximum atomic E-state index is 11.8. The van der Waals surface area contributed by atoms with Gasteiger partial charge in [0.1, 0.15) is 4.47 Å². The average Bonchev–Trinajstić information content (AvgIpc) is 2.80. The number of aliphatic hydroxyl groups excluding tert-OH is 1. The van der Waals surface area contributed by atoms with Crippen molar-refractivity contribution in [1.82, 2.24) is 19.9 Å². The molecule has 0 unspecified atom stereocenters. The van der Waals surface area contributed by atoms with Crippen LogP contribution in [0.15, 0.2) is 20.0 Å². The number of hydrogen-bond acceptors (Lipinski definition) is 7. The summed E-state index contributed by atoms with van der Waals surface area (Å²) in [6, 6.07) is 0. The Morgan fingerprint density at radius 1 is 1.58 bits per heavy atom. The van der Waals surface area contributed by atoms with Crippen molar-refractivity contribution < 1.29 is 9.63 Å². The van der Waals surface area contributed by atoms with E-state index in [9.17, 15) is 4.79 Å². The van der Waals surface area contributed by atoms with Crippen molar-refractivity contribution in [2.24, 2.45) is 0 Å². The van der Waals surface area contributed by atoms with Crippen LogP contribution in [0.5, 0.6) is 0 Å². The third-order valence-corrected chi connectivity index (χ3v) is 3.06. The van der Waals surface area contributed by atoms with Crippen molar-refractivity contribution in [3.63, 3.8) is 0 Å². The molecule has 2 N–H and O–H groups in total. The Labute approximate surface area is 116 Å². The number of anilines is 1. The van der Waals surface area contributed by atoms with E-state index < -0.39 is 0 Å². The fourth-order valence-electron chi connectivity index (χ4n) is 1.42. The normalized spacial score (nSPS) is 10.7. The molecule has 2 aromatic rings. The van der Waals surface area contributed by atoms with Crippen LogP contribution in [0.2, 0.25) is 0 Å². The standard InChI is InChI=1S/C10H12BrN5O3/c1-6-14-8(19-15-6)5-12-7-4-13-16(2-3-17)10(18)9(7)11/h4,12,17H,2-3,5H2,1H3. The van der Waals surface area contributed by atoms with Crippen LogP contribution in [0.25, 0.3) is 0 Å². The van der Waals surface area contributed by atoms with Crippen LogP contribution < -0.4 is 10.9 Å². The van der Waals surface area contributed by atoms with Gasteiger partial charge in [0.05, 0.1) is 31.6 Å². The number of aliphatic hydroxyl groups is 1. The maximum absolute atomic E-state index is 11.8. The number of rotatable bonds is 5. The van der Waals surface area contributed by atoms with Crippen LogP contribution in [0, 0.1) is 6.92 Å². The van der Waals surface area contributed by atoms with Gasteiger partial charge < -0.3 is 14.9 Å². The van der Waals surface area contributed by atoms with Crippen molar-refractivity contribution in [3.8, 4) is 0 Å². The van der Waals surface area contributed by atoms with Gasteiger partial charge in [0.25, 0.3) is 5.56 Å². The number of nitrogens with zero attached hydrogens (tertiary/aromatic N) is 4. The van der Waals surface area contributed by atoms with Crippen molar-refractivity contribution in [2.75, 3.05) is 11.9 Å². The maximum Gasteiger partial charge on any atom is 0.283 e. The van der Waals surface area contributed by atoms with Crippen LogP contribution in [-0.4, -0.2) is 31.6 Å². The molecule has 102 valence electrons. The topological polar surface area (TPSA) is 106 Å². The lowest BCUT2D eigenvalue weighted by molar-refractivity contribution is 0.266. The molecule has 2 aromatic heterocycles. The second-order valence-corrected chi connectivity index (χ2v) is 4.51. The summed E-state index contributed by atoms with van der Waals surface area (Å²) >= 11 is 3.20. The highest BCUT2D eigenvalue weighted by Crippen LogP contribution is 2.16. The van der Waals surface area contributed by atoms with Gasteiger partial charge >= 0.3 is 0 Å². The van der Waals surface area contributed by atoms with Crippen LogP contribution >= 0.6 is 15.9 Å². The molecule has 0 bridgehead atoms. The summed E-state index contributed by atoms with van der Waals surface area (Å²) in [6.45, 7) is 2.03.